The normalized spacial score (nSPS) is 19.2. The molecule has 2 rings (SSSR count). The lowest BCUT2D eigenvalue weighted by molar-refractivity contribution is -0.385. The van der Waals surface area contributed by atoms with Gasteiger partial charge in [-0.3, -0.25) is 10.1 Å². The van der Waals surface area contributed by atoms with Crippen LogP contribution in [0.2, 0.25) is 0 Å². The Bertz CT molecular complexity index is 574. The van der Waals surface area contributed by atoms with Crippen LogP contribution in [-0.2, 0) is 0 Å². The number of likely N-dealkylation sites (N-methyl/N-ethyl adjacent to an activating group) is 1. The molecule has 1 saturated heterocycles. The van der Waals surface area contributed by atoms with Crippen molar-refractivity contribution in [2.24, 2.45) is 0 Å². The fourth-order valence-electron chi connectivity index (χ4n) is 2.67. The smallest absolute Gasteiger partial charge is 0.336 e. The highest BCUT2D eigenvalue weighted by atomic mass is 16.6. The zero-order valence-corrected chi connectivity index (χ0v) is 12.1. The first kappa shape index (κ1) is 15.2. The minimum Gasteiger partial charge on any atom is -0.478 e. The maximum Gasteiger partial charge on any atom is 0.336 e. The van der Waals surface area contributed by atoms with Crippen molar-refractivity contribution in [3.8, 4) is 0 Å². The van der Waals surface area contributed by atoms with Gasteiger partial charge in [-0.25, -0.2) is 4.79 Å². The average Bonchev–Trinajstić information content (AvgIpc) is 2.40. The molecular weight excluding hydrogens is 274 g/mol. The van der Waals surface area contributed by atoms with Gasteiger partial charge in [-0.05, 0) is 39.4 Å². The number of benzene rings is 1. The number of nitro benzene ring substituents is 1. The number of carboxylic acids is 1. The second-order valence-electron chi connectivity index (χ2n) is 5.48. The molecule has 1 unspecified atom stereocenters. The van der Waals surface area contributed by atoms with Crippen molar-refractivity contribution in [2.45, 2.75) is 25.8 Å². The topological polar surface area (TPSA) is 95.7 Å². The van der Waals surface area contributed by atoms with Crippen LogP contribution in [0.15, 0.2) is 12.1 Å². The zero-order valence-electron chi connectivity index (χ0n) is 12.1. The van der Waals surface area contributed by atoms with E-state index in [4.69, 9.17) is 5.11 Å². The van der Waals surface area contributed by atoms with Crippen LogP contribution in [-0.4, -0.2) is 47.1 Å². The first-order valence-electron chi connectivity index (χ1n) is 6.86. The first-order chi connectivity index (χ1) is 9.88. The van der Waals surface area contributed by atoms with Crippen LogP contribution >= 0.6 is 0 Å². The predicted octanol–water partition coefficient (Wildman–Crippen LogP) is 2.11. The van der Waals surface area contributed by atoms with Gasteiger partial charge in [0.1, 0.15) is 0 Å². The highest BCUT2D eigenvalue weighted by molar-refractivity contribution is 5.90. The van der Waals surface area contributed by atoms with Crippen molar-refractivity contribution < 1.29 is 14.8 Å². The second kappa shape index (κ2) is 6.09. The van der Waals surface area contributed by atoms with E-state index in [1.165, 1.54) is 6.07 Å². The van der Waals surface area contributed by atoms with E-state index in [1.54, 1.807) is 6.92 Å². The summed E-state index contributed by atoms with van der Waals surface area (Å²) in [7, 11) is 2.02. The SMILES string of the molecule is Cc1c(NC2CCCN(C)C2)cc(C(=O)O)cc1[N+](=O)[O-]. The summed E-state index contributed by atoms with van der Waals surface area (Å²) >= 11 is 0. The molecule has 21 heavy (non-hydrogen) atoms. The molecule has 1 aromatic carbocycles. The highest BCUT2D eigenvalue weighted by Gasteiger charge is 2.22. The van der Waals surface area contributed by atoms with Gasteiger partial charge in [0, 0.05) is 29.9 Å². The predicted molar refractivity (Wildman–Crippen MR) is 78.9 cm³/mol. The van der Waals surface area contributed by atoms with Crippen molar-refractivity contribution in [3.63, 3.8) is 0 Å². The second-order valence-corrected chi connectivity index (χ2v) is 5.48. The molecule has 0 spiro atoms. The van der Waals surface area contributed by atoms with E-state index in [9.17, 15) is 14.9 Å². The minimum atomic E-state index is -1.16. The van der Waals surface area contributed by atoms with Crippen LogP contribution in [0.5, 0.6) is 0 Å². The number of carboxylic acid groups (broad SMARTS) is 1. The van der Waals surface area contributed by atoms with E-state index in [1.807, 2.05) is 7.05 Å². The number of piperidine rings is 1. The average molecular weight is 293 g/mol. The van der Waals surface area contributed by atoms with Crippen LogP contribution in [0, 0.1) is 17.0 Å². The Hall–Kier alpha value is -2.15. The van der Waals surface area contributed by atoms with Crippen molar-refractivity contribution in [1.29, 1.82) is 0 Å². The number of carbonyl (C=O) groups is 1. The van der Waals surface area contributed by atoms with E-state index in [0.717, 1.165) is 32.0 Å². The number of anilines is 1. The quantitative estimate of drug-likeness (QED) is 0.652. The van der Waals surface area contributed by atoms with E-state index in [2.05, 4.69) is 10.2 Å². The summed E-state index contributed by atoms with van der Waals surface area (Å²) in [6.45, 7) is 3.51. The van der Waals surface area contributed by atoms with Gasteiger partial charge in [-0.2, -0.15) is 0 Å². The Morgan fingerprint density at radius 3 is 2.81 bits per heavy atom. The summed E-state index contributed by atoms with van der Waals surface area (Å²) in [6, 6.07) is 2.75. The van der Waals surface area contributed by atoms with Gasteiger partial charge in [-0.15, -0.1) is 0 Å². The van der Waals surface area contributed by atoms with Gasteiger partial charge in [0.05, 0.1) is 10.5 Å². The summed E-state index contributed by atoms with van der Waals surface area (Å²) < 4.78 is 0. The summed E-state index contributed by atoms with van der Waals surface area (Å²) in [6.07, 6.45) is 2.02. The molecule has 0 radical (unpaired) electrons. The van der Waals surface area contributed by atoms with Crippen LogP contribution in [0.4, 0.5) is 11.4 Å². The number of rotatable bonds is 4. The molecule has 1 aromatic rings. The van der Waals surface area contributed by atoms with Gasteiger partial charge < -0.3 is 15.3 Å². The number of hydrogen-bond donors (Lipinski definition) is 2. The maximum absolute atomic E-state index is 11.1. The van der Waals surface area contributed by atoms with E-state index in [0.29, 0.717) is 11.3 Å². The summed E-state index contributed by atoms with van der Waals surface area (Å²) in [4.78, 5) is 23.8. The molecule has 1 fully saturated rings. The van der Waals surface area contributed by atoms with Gasteiger partial charge in [0.25, 0.3) is 5.69 Å². The lowest BCUT2D eigenvalue weighted by Crippen LogP contribution is -2.39. The number of nitrogens with one attached hydrogen (secondary N) is 1. The third-order valence-electron chi connectivity index (χ3n) is 3.81. The third kappa shape index (κ3) is 3.49. The Kier molecular flexibility index (Phi) is 4.42. The van der Waals surface area contributed by atoms with E-state index in [-0.39, 0.29) is 17.3 Å². The number of nitro groups is 1. The fourth-order valence-corrected chi connectivity index (χ4v) is 2.67. The molecule has 0 aliphatic carbocycles. The maximum atomic E-state index is 11.1. The monoisotopic (exact) mass is 293 g/mol. The number of likely N-dealkylation sites (tertiary alicyclic amines) is 1. The molecule has 0 saturated carbocycles. The highest BCUT2D eigenvalue weighted by Crippen LogP contribution is 2.29. The summed E-state index contributed by atoms with van der Waals surface area (Å²) in [5.41, 5.74) is 0.764. The molecule has 1 heterocycles. The molecule has 1 atom stereocenters. The Labute approximate surface area is 122 Å². The minimum absolute atomic E-state index is 0.0704. The number of nitrogens with zero attached hydrogens (tertiary/aromatic N) is 2. The van der Waals surface area contributed by atoms with Crippen LogP contribution in [0.25, 0.3) is 0 Å². The van der Waals surface area contributed by atoms with Crippen molar-refractivity contribution in [1.82, 2.24) is 4.90 Å². The third-order valence-corrected chi connectivity index (χ3v) is 3.81. The van der Waals surface area contributed by atoms with Gasteiger partial charge >= 0.3 is 5.97 Å². The van der Waals surface area contributed by atoms with Crippen LogP contribution in [0.3, 0.4) is 0 Å². The van der Waals surface area contributed by atoms with E-state index >= 15 is 0 Å². The Morgan fingerprint density at radius 2 is 2.24 bits per heavy atom. The first-order valence-corrected chi connectivity index (χ1v) is 6.86. The molecule has 2 N–H and O–H groups in total. The lowest BCUT2D eigenvalue weighted by atomic mass is 10.0. The fraction of sp³-hybridized carbons (Fsp3) is 0.500. The number of hydrogen-bond acceptors (Lipinski definition) is 5. The molecule has 7 nitrogen and oxygen atoms in total. The molecule has 1 aliphatic heterocycles. The molecule has 7 heteroatoms. The summed E-state index contributed by atoms with van der Waals surface area (Å²) in [5.74, 6) is -1.16. The molecule has 0 amide bonds. The summed E-state index contributed by atoms with van der Waals surface area (Å²) in [5, 5.41) is 23.4. The van der Waals surface area contributed by atoms with Crippen molar-refractivity contribution >= 4 is 17.3 Å². The van der Waals surface area contributed by atoms with Crippen molar-refractivity contribution in [3.05, 3.63) is 33.4 Å². The van der Waals surface area contributed by atoms with E-state index < -0.39 is 10.9 Å². The molecule has 0 bridgehead atoms. The van der Waals surface area contributed by atoms with Gasteiger partial charge in [0.2, 0.25) is 0 Å². The van der Waals surface area contributed by atoms with Crippen molar-refractivity contribution in [2.75, 3.05) is 25.5 Å². The van der Waals surface area contributed by atoms with Gasteiger partial charge in [-0.1, -0.05) is 0 Å². The molecule has 0 aromatic heterocycles. The molecular formula is C14H19N3O4. The molecule has 114 valence electrons. The largest absolute Gasteiger partial charge is 0.478 e. The standard InChI is InChI=1S/C14H19N3O4/c1-9-12(15-11-4-3-5-16(2)8-11)6-10(14(18)19)7-13(9)17(20)21/h6-7,11,15H,3-5,8H2,1-2H3,(H,18,19). The Morgan fingerprint density at radius 1 is 1.52 bits per heavy atom. The number of aromatic carboxylic acids is 1. The lowest BCUT2D eigenvalue weighted by Gasteiger charge is -2.31. The molecule has 1 aliphatic rings. The van der Waals surface area contributed by atoms with Crippen LogP contribution in [0.1, 0.15) is 28.8 Å². The van der Waals surface area contributed by atoms with Crippen LogP contribution < -0.4 is 5.32 Å². The van der Waals surface area contributed by atoms with Gasteiger partial charge in [0.15, 0.2) is 0 Å². The zero-order chi connectivity index (χ0) is 15.6. The Balaban J connectivity index is 2.33.